The SMILES string of the molecule is CC(C)c1cncnc1N1C[C@H]2CC[C@@H](C1)N(CC1CCC1)C2. The molecule has 2 atom stereocenters. The van der Waals surface area contributed by atoms with E-state index in [2.05, 4.69) is 33.6 Å². The van der Waals surface area contributed by atoms with Crippen LogP contribution in [0.5, 0.6) is 0 Å². The fraction of sp³-hybridized carbons (Fsp3) is 0.789. The van der Waals surface area contributed by atoms with Gasteiger partial charge in [-0.3, -0.25) is 4.90 Å². The van der Waals surface area contributed by atoms with Gasteiger partial charge in [0.15, 0.2) is 0 Å². The van der Waals surface area contributed by atoms with E-state index in [9.17, 15) is 0 Å². The maximum absolute atomic E-state index is 4.67. The number of hydrogen-bond acceptors (Lipinski definition) is 4. The Labute approximate surface area is 140 Å². The van der Waals surface area contributed by atoms with Crippen molar-refractivity contribution in [2.45, 2.75) is 57.9 Å². The number of rotatable bonds is 4. The van der Waals surface area contributed by atoms with E-state index in [0.717, 1.165) is 24.4 Å². The maximum atomic E-state index is 4.67. The van der Waals surface area contributed by atoms with Gasteiger partial charge in [0.2, 0.25) is 0 Å². The lowest BCUT2D eigenvalue weighted by Crippen LogP contribution is -2.47. The molecular formula is C19H30N4. The van der Waals surface area contributed by atoms with Gasteiger partial charge in [-0.15, -0.1) is 0 Å². The third-order valence-corrected chi connectivity index (χ3v) is 6.18. The molecule has 0 N–H and O–H groups in total. The van der Waals surface area contributed by atoms with Crippen molar-refractivity contribution in [1.82, 2.24) is 14.9 Å². The van der Waals surface area contributed by atoms with Crippen LogP contribution in [-0.2, 0) is 0 Å². The van der Waals surface area contributed by atoms with Gasteiger partial charge in [-0.25, -0.2) is 9.97 Å². The predicted molar refractivity (Wildman–Crippen MR) is 93.8 cm³/mol. The van der Waals surface area contributed by atoms with Crippen molar-refractivity contribution in [1.29, 1.82) is 0 Å². The van der Waals surface area contributed by atoms with Crippen LogP contribution in [0.4, 0.5) is 5.82 Å². The zero-order chi connectivity index (χ0) is 15.8. The molecule has 1 aromatic rings. The fourth-order valence-corrected chi connectivity index (χ4v) is 4.59. The molecule has 4 fully saturated rings. The second-order valence-electron chi connectivity index (χ2n) is 8.21. The second-order valence-corrected chi connectivity index (χ2v) is 8.21. The summed E-state index contributed by atoms with van der Waals surface area (Å²) in [6.45, 7) is 9.47. The van der Waals surface area contributed by atoms with E-state index in [4.69, 9.17) is 0 Å². The van der Waals surface area contributed by atoms with Crippen LogP contribution >= 0.6 is 0 Å². The minimum atomic E-state index is 0.484. The van der Waals surface area contributed by atoms with E-state index in [0.29, 0.717) is 5.92 Å². The summed E-state index contributed by atoms with van der Waals surface area (Å²) in [6, 6.07) is 0.726. The zero-order valence-electron chi connectivity index (χ0n) is 14.6. The molecule has 1 aliphatic carbocycles. The molecule has 1 saturated carbocycles. The molecule has 2 bridgehead atoms. The van der Waals surface area contributed by atoms with E-state index in [1.165, 1.54) is 63.1 Å². The highest BCUT2D eigenvalue weighted by Crippen LogP contribution is 2.35. The quantitative estimate of drug-likeness (QED) is 0.853. The van der Waals surface area contributed by atoms with Crippen LogP contribution in [0.25, 0.3) is 0 Å². The number of aromatic nitrogens is 2. The molecular weight excluding hydrogens is 284 g/mol. The molecule has 3 aliphatic heterocycles. The number of piperidine rings is 1. The zero-order valence-corrected chi connectivity index (χ0v) is 14.6. The highest BCUT2D eigenvalue weighted by molar-refractivity contribution is 5.47. The minimum Gasteiger partial charge on any atom is -0.354 e. The van der Waals surface area contributed by atoms with Crippen molar-refractivity contribution in [3.63, 3.8) is 0 Å². The summed E-state index contributed by atoms with van der Waals surface area (Å²) in [5, 5.41) is 0. The van der Waals surface area contributed by atoms with Gasteiger partial charge in [0.25, 0.3) is 0 Å². The summed E-state index contributed by atoms with van der Waals surface area (Å²) in [7, 11) is 0. The third kappa shape index (κ3) is 3.10. The first-order valence-corrected chi connectivity index (χ1v) is 9.49. The van der Waals surface area contributed by atoms with E-state index in [1.54, 1.807) is 6.33 Å². The van der Waals surface area contributed by atoms with Gasteiger partial charge in [-0.1, -0.05) is 20.3 Å². The molecule has 4 nitrogen and oxygen atoms in total. The standard InChI is InChI=1S/C19H30N4/c1-14(2)18-8-20-13-21-19(18)23-11-16-6-7-17(12-23)22(10-16)9-15-4-3-5-15/h8,13-17H,3-7,9-12H2,1-2H3/t16-,17-/m0/s1. The van der Waals surface area contributed by atoms with E-state index >= 15 is 0 Å². The van der Waals surface area contributed by atoms with Gasteiger partial charge in [-0.05, 0) is 43.4 Å². The Balaban J connectivity index is 1.53. The highest BCUT2D eigenvalue weighted by Gasteiger charge is 2.37. The average molecular weight is 314 g/mol. The van der Waals surface area contributed by atoms with Gasteiger partial charge in [-0.2, -0.15) is 0 Å². The maximum Gasteiger partial charge on any atom is 0.135 e. The molecule has 0 amide bonds. The molecule has 5 rings (SSSR count). The molecule has 0 radical (unpaired) electrons. The van der Waals surface area contributed by atoms with Gasteiger partial charge < -0.3 is 4.90 Å². The van der Waals surface area contributed by atoms with Crippen molar-refractivity contribution < 1.29 is 0 Å². The van der Waals surface area contributed by atoms with Gasteiger partial charge >= 0.3 is 0 Å². The average Bonchev–Trinajstić information content (AvgIpc) is 2.82. The lowest BCUT2D eigenvalue weighted by Gasteiger charge is -2.40. The summed E-state index contributed by atoms with van der Waals surface area (Å²) in [4.78, 5) is 14.3. The minimum absolute atomic E-state index is 0.484. The second kappa shape index (κ2) is 6.39. The van der Waals surface area contributed by atoms with E-state index < -0.39 is 0 Å². The van der Waals surface area contributed by atoms with Crippen molar-refractivity contribution >= 4 is 5.82 Å². The largest absolute Gasteiger partial charge is 0.354 e. The third-order valence-electron chi connectivity index (χ3n) is 6.18. The van der Waals surface area contributed by atoms with E-state index in [-0.39, 0.29) is 0 Å². The van der Waals surface area contributed by atoms with E-state index in [1.807, 2.05) is 6.20 Å². The Kier molecular flexibility index (Phi) is 4.27. The summed E-state index contributed by atoms with van der Waals surface area (Å²) in [5.74, 6) is 3.47. The topological polar surface area (TPSA) is 32.3 Å². The first-order chi connectivity index (χ1) is 11.2. The molecule has 4 aliphatic rings. The summed E-state index contributed by atoms with van der Waals surface area (Å²) >= 11 is 0. The molecule has 3 saturated heterocycles. The van der Waals surface area contributed by atoms with Gasteiger partial charge in [0.05, 0.1) is 0 Å². The Morgan fingerprint density at radius 2 is 2.00 bits per heavy atom. The van der Waals surface area contributed by atoms with Crippen molar-refractivity contribution in [2.24, 2.45) is 11.8 Å². The lowest BCUT2D eigenvalue weighted by molar-refractivity contribution is 0.0917. The summed E-state index contributed by atoms with van der Waals surface area (Å²) in [6.07, 6.45) is 10.9. The normalized spacial score (nSPS) is 28.9. The van der Waals surface area contributed by atoms with Crippen LogP contribution in [0.2, 0.25) is 0 Å². The molecule has 0 spiro atoms. The molecule has 23 heavy (non-hydrogen) atoms. The number of fused-ring (bicyclic) bond motifs is 4. The van der Waals surface area contributed by atoms with Crippen LogP contribution in [0, 0.1) is 11.8 Å². The Morgan fingerprint density at radius 1 is 1.13 bits per heavy atom. The Morgan fingerprint density at radius 3 is 2.74 bits per heavy atom. The predicted octanol–water partition coefficient (Wildman–Crippen LogP) is 3.30. The number of hydrogen-bond donors (Lipinski definition) is 0. The molecule has 126 valence electrons. The molecule has 0 aromatic carbocycles. The lowest BCUT2D eigenvalue weighted by atomic mass is 9.83. The van der Waals surface area contributed by atoms with Gasteiger partial charge in [0, 0.05) is 44.0 Å². The number of anilines is 1. The molecule has 4 heterocycles. The van der Waals surface area contributed by atoms with Crippen LogP contribution in [0.3, 0.4) is 0 Å². The monoisotopic (exact) mass is 314 g/mol. The van der Waals surface area contributed by atoms with Crippen molar-refractivity contribution in [2.75, 3.05) is 31.1 Å². The van der Waals surface area contributed by atoms with Crippen LogP contribution in [-0.4, -0.2) is 47.1 Å². The Bertz CT molecular complexity index is 540. The highest BCUT2D eigenvalue weighted by atomic mass is 15.3. The summed E-state index contributed by atoms with van der Waals surface area (Å²) < 4.78 is 0. The smallest absolute Gasteiger partial charge is 0.135 e. The number of nitrogens with zero attached hydrogens (tertiary/aromatic N) is 4. The van der Waals surface area contributed by atoms with Crippen LogP contribution < -0.4 is 4.90 Å². The van der Waals surface area contributed by atoms with Gasteiger partial charge in [0.1, 0.15) is 12.1 Å². The van der Waals surface area contributed by atoms with Crippen LogP contribution in [0.15, 0.2) is 12.5 Å². The fourth-order valence-electron chi connectivity index (χ4n) is 4.59. The molecule has 4 heteroatoms. The molecule has 0 unspecified atom stereocenters. The molecule has 1 aromatic heterocycles. The Hall–Kier alpha value is -1.16. The van der Waals surface area contributed by atoms with Crippen LogP contribution in [0.1, 0.15) is 57.4 Å². The van der Waals surface area contributed by atoms with Crippen molar-refractivity contribution in [3.05, 3.63) is 18.1 Å². The van der Waals surface area contributed by atoms with Crippen molar-refractivity contribution in [3.8, 4) is 0 Å². The summed E-state index contributed by atoms with van der Waals surface area (Å²) in [5.41, 5.74) is 1.30. The first kappa shape index (κ1) is 15.4. The first-order valence-electron chi connectivity index (χ1n) is 9.49.